The molecule has 0 bridgehead atoms. The summed E-state index contributed by atoms with van der Waals surface area (Å²) in [5.41, 5.74) is 0.446. The summed E-state index contributed by atoms with van der Waals surface area (Å²) in [6.07, 6.45) is 7.38. The molecule has 1 aliphatic carbocycles. The van der Waals surface area contributed by atoms with Crippen molar-refractivity contribution in [3.05, 3.63) is 11.8 Å². The van der Waals surface area contributed by atoms with E-state index in [0.29, 0.717) is 5.41 Å². The van der Waals surface area contributed by atoms with E-state index in [0.717, 1.165) is 12.3 Å². The van der Waals surface area contributed by atoms with Crippen LogP contribution in [0.2, 0.25) is 13.1 Å². The minimum Gasteiger partial charge on any atom is -0.550 e. The van der Waals surface area contributed by atoms with Gasteiger partial charge in [0.05, 0.1) is 5.76 Å². The summed E-state index contributed by atoms with van der Waals surface area (Å²) in [5.74, 6) is 2.11. The molecule has 0 fully saturated rings. The van der Waals surface area contributed by atoms with Crippen molar-refractivity contribution < 1.29 is 4.43 Å². The molecule has 0 aromatic heterocycles. The van der Waals surface area contributed by atoms with Gasteiger partial charge in [0.2, 0.25) is 9.04 Å². The molecule has 0 spiro atoms. The highest BCUT2D eigenvalue weighted by Crippen LogP contribution is 2.36. The Morgan fingerprint density at radius 1 is 1.33 bits per heavy atom. The third kappa shape index (κ3) is 4.41. The molecule has 1 rings (SSSR count). The molecule has 88 valence electrons. The number of rotatable bonds is 2. The Balaban J connectivity index is 2.56. The van der Waals surface area contributed by atoms with Gasteiger partial charge in [-0.2, -0.15) is 0 Å². The first-order valence-corrected chi connectivity index (χ1v) is 9.03. The van der Waals surface area contributed by atoms with E-state index in [1.54, 1.807) is 0 Å². The van der Waals surface area contributed by atoms with E-state index >= 15 is 0 Å². The molecule has 1 atom stereocenters. The van der Waals surface area contributed by atoms with Crippen molar-refractivity contribution >= 4 is 9.04 Å². The van der Waals surface area contributed by atoms with Gasteiger partial charge in [-0.3, -0.25) is 0 Å². The second kappa shape index (κ2) is 5.20. The third-order valence-corrected chi connectivity index (χ3v) is 3.99. The average molecular weight is 226 g/mol. The summed E-state index contributed by atoms with van der Waals surface area (Å²) in [6, 6.07) is 0. The minimum atomic E-state index is -0.894. The van der Waals surface area contributed by atoms with Gasteiger partial charge in [-0.15, -0.1) is 0 Å². The van der Waals surface area contributed by atoms with E-state index in [2.05, 4.69) is 39.9 Å². The van der Waals surface area contributed by atoms with Crippen molar-refractivity contribution in [3.8, 4) is 0 Å². The molecule has 0 saturated carbocycles. The topological polar surface area (TPSA) is 9.23 Å². The van der Waals surface area contributed by atoms with Gasteiger partial charge in [0.25, 0.3) is 0 Å². The van der Waals surface area contributed by atoms with Crippen LogP contribution in [0.15, 0.2) is 11.8 Å². The van der Waals surface area contributed by atoms with Crippen molar-refractivity contribution in [2.24, 2.45) is 11.3 Å². The van der Waals surface area contributed by atoms with E-state index < -0.39 is 9.04 Å². The first-order chi connectivity index (χ1) is 6.89. The summed E-state index contributed by atoms with van der Waals surface area (Å²) in [4.78, 5) is 0. The van der Waals surface area contributed by atoms with Gasteiger partial charge in [0.1, 0.15) is 0 Å². The van der Waals surface area contributed by atoms with Gasteiger partial charge < -0.3 is 4.43 Å². The van der Waals surface area contributed by atoms with Gasteiger partial charge in [-0.25, -0.2) is 0 Å². The van der Waals surface area contributed by atoms with Gasteiger partial charge in [-0.1, -0.05) is 20.8 Å². The maximum Gasteiger partial charge on any atom is 0.229 e. The lowest BCUT2D eigenvalue weighted by Gasteiger charge is -2.29. The Kier molecular flexibility index (Phi) is 4.44. The average Bonchev–Trinajstić information content (AvgIpc) is 2.27. The molecule has 0 aliphatic heterocycles. The maximum absolute atomic E-state index is 5.93. The highest BCUT2D eigenvalue weighted by molar-refractivity contribution is 6.48. The van der Waals surface area contributed by atoms with Crippen LogP contribution in [0.4, 0.5) is 0 Å². The Morgan fingerprint density at radius 2 is 2.00 bits per heavy atom. The lowest BCUT2D eigenvalue weighted by Crippen LogP contribution is -2.19. The Morgan fingerprint density at radius 3 is 2.53 bits per heavy atom. The summed E-state index contributed by atoms with van der Waals surface area (Å²) < 4.78 is 5.93. The first kappa shape index (κ1) is 12.8. The van der Waals surface area contributed by atoms with Crippen LogP contribution >= 0.6 is 0 Å². The number of hydrogen-bond acceptors (Lipinski definition) is 1. The lowest BCUT2D eigenvalue weighted by atomic mass is 9.77. The molecule has 0 aromatic rings. The fraction of sp³-hybridized carbons (Fsp3) is 0.846. The van der Waals surface area contributed by atoms with E-state index in [-0.39, 0.29) is 0 Å². The van der Waals surface area contributed by atoms with Gasteiger partial charge in [0, 0.05) is 6.42 Å². The van der Waals surface area contributed by atoms with E-state index in [4.69, 9.17) is 4.43 Å². The number of allylic oxidation sites excluding steroid dienone is 2. The van der Waals surface area contributed by atoms with Gasteiger partial charge in [-0.05, 0) is 49.8 Å². The van der Waals surface area contributed by atoms with E-state index in [9.17, 15) is 0 Å². The first-order valence-electron chi connectivity index (χ1n) is 6.25. The van der Waals surface area contributed by atoms with Crippen molar-refractivity contribution in [3.63, 3.8) is 0 Å². The van der Waals surface area contributed by atoms with Crippen molar-refractivity contribution in [2.75, 3.05) is 0 Å². The zero-order valence-electron chi connectivity index (χ0n) is 11.0. The molecular weight excluding hydrogens is 200 g/mol. The standard InChI is InChI=1S/C13H26OSi/c1-13(2,3)11-7-6-8-12(10-9-11)14-15(4)5/h10-11,15H,6-9H2,1-5H3. The fourth-order valence-corrected chi connectivity index (χ4v) is 3.03. The van der Waals surface area contributed by atoms with Crippen molar-refractivity contribution in [1.29, 1.82) is 0 Å². The summed E-state index contributed by atoms with van der Waals surface area (Å²) in [5, 5.41) is 0. The molecule has 1 unspecified atom stereocenters. The van der Waals surface area contributed by atoms with Crippen LogP contribution in [0.5, 0.6) is 0 Å². The zero-order valence-corrected chi connectivity index (χ0v) is 12.1. The SMILES string of the molecule is C[SiH](C)OC1=CCC(C(C)(C)C)CCC1. The molecule has 0 amide bonds. The predicted molar refractivity (Wildman–Crippen MR) is 69.5 cm³/mol. The van der Waals surface area contributed by atoms with Gasteiger partial charge in [0.15, 0.2) is 0 Å². The smallest absolute Gasteiger partial charge is 0.229 e. The third-order valence-electron chi connectivity index (χ3n) is 3.22. The predicted octanol–water partition coefficient (Wildman–Crippen LogP) is 4.11. The van der Waals surface area contributed by atoms with Crippen LogP contribution in [0.25, 0.3) is 0 Å². The van der Waals surface area contributed by atoms with Crippen LogP contribution in [-0.4, -0.2) is 9.04 Å². The Bertz CT molecular complexity index is 225. The van der Waals surface area contributed by atoms with Crippen LogP contribution in [0.1, 0.15) is 46.5 Å². The Hall–Kier alpha value is -0.243. The largest absolute Gasteiger partial charge is 0.550 e. The molecule has 1 aliphatic rings. The van der Waals surface area contributed by atoms with Crippen molar-refractivity contribution in [2.45, 2.75) is 59.5 Å². The van der Waals surface area contributed by atoms with Crippen LogP contribution in [0.3, 0.4) is 0 Å². The fourth-order valence-electron chi connectivity index (χ4n) is 2.21. The Labute approximate surface area is 96.6 Å². The monoisotopic (exact) mass is 226 g/mol. The summed E-state index contributed by atoms with van der Waals surface area (Å²) >= 11 is 0. The second-order valence-electron chi connectivity index (χ2n) is 6.03. The molecule has 0 saturated heterocycles. The second-order valence-corrected chi connectivity index (χ2v) is 8.36. The molecule has 0 N–H and O–H groups in total. The number of hydrogen-bond donors (Lipinski definition) is 0. The normalized spacial score (nSPS) is 23.6. The molecule has 2 heteroatoms. The zero-order chi connectivity index (χ0) is 11.5. The lowest BCUT2D eigenvalue weighted by molar-refractivity contribution is 0.227. The van der Waals surface area contributed by atoms with Crippen molar-refractivity contribution in [1.82, 2.24) is 0 Å². The summed E-state index contributed by atoms with van der Waals surface area (Å²) in [7, 11) is -0.894. The highest BCUT2D eigenvalue weighted by atomic mass is 28.3. The quantitative estimate of drug-likeness (QED) is 0.644. The van der Waals surface area contributed by atoms with E-state index in [1.165, 1.54) is 25.0 Å². The molecule has 0 radical (unpaired) electrons. The molecule has 0 aromatic carbocycles. The maximum atomic E-state index is 5.93. The minimum absolute atomic E-state index is 0.446. The van der Waals surface area contributed by atoms with Crippen LogP contribution in [-0.2, 0) is 4.43 Å². The van der Waals surface area contributed by atoms with Crippen LogP contribution in [0, 0.1) is 11.3 Å². The van der Waals surface area contributed by atoms with E-state index in [1.807, 2.05) is 0 Å². The molecule has 15 heavy (non-hydrogen) atoms. The molecule has 1 nitrogen and oxygen atoms in total. The molecular formula is C13H26OSi. The van der Waals surface area contributed by atoms with Crippen LogP contribution < -0.4 is 0 Å². The van der Waals surface area contributed by atoms with Gasteiger partial charge >= 0.3 is 0 Å². The molecule has 0 heterocycles. The summed E-state index contributed by atoms with van der Waals surface area (Å²) in [6.45, 7) is 11.6. The highest BCUT2D eigenvalue weighted by Gasteiger charge is 2.25.